The first-order valence-electron chi connectivity index (χ1n) is 10.1. The monoisotopic (exact) mass is 402 g/mol. The molecule has 0 saturated carbocycles. The Bertz CT molecular complexity index is 737. The molecule has 1 saturated heterocycles. The molecule has 0 atom stereocenters. The van der Waals surface area contributed by atoms with Gasteiger partial charge in [-0.3, -0.25) is 9.69 Å². The van der Waals surface area contributed by atoms with Gasteiger partial charge >= 0.3 is 6.09 Å². The molecule has 2 amide bonds. The van der Waals surface area contributed by atoms with Crippen LogP contribution < -0.4 is 0 Å². The van der Waals surface area contributed by atoms with Crippen molar-refractivity contribution in [3.05, 3.63) is 48.5 Å². The summed E-state index contributed by atoms with van der Waals surface area (Å²) in [7, 11) is 0. The molecule has 7 nitrogen and oxygen atoms in total. The molecule has 2 heterocycles. The Kier molecular flexibility index (Phi) is 6.67. The molecule has 0 unspecified atom stereocenters. The first-order valence-corrected chi connectivity index (χ1v) is 10.1. The van der Waals surface area contributed by atoms with E-state index in [0.29, 0.717) is 38.4 Å². The molecule has 0 radical (unpaired) electrons. The number of ether oxygens (including phenoxy) is 3. The Morgan fingerprint density at radius 3 is 2.59 bits per heavy atom. The lowest BCUT2D eigenvalue weighted by Crippen LogP contribution is -2.46. The zero-order valence-electron chi connectivity index (χ0n) is 17.4. The van der Waals surface area contributed by atoms with Gasteiger partial charge in [-0.2, -0.15) is 0 Å². The molecule has 3 aliphatic rings. The lowest BCUT2D eigenvalue weighted by Gasteiger charge is -2.35. The Hall–Kier alpha value is -2.70. The minimum absolute atomic E-state index is 0.00515. The summed E-state index contributed by atoms with van der Waals surface area (Å²) < 4.78 is 16.2. The highest BCUT2D eigenvalue weighted by Gasteiger charge is 2.34. The van der Waals surface area contributed by atoms with Crippen LogP contribution in [0.15, 0.2) is 48.5 Å². The van der Waals surface area contributed by atoms with E-state index < -0.39 is 5.60 Å². The van der Waals surface area contributed by atoms with E-state index in [1.54, 1.807) is 9.80 Å². The summed E-state index contributed by atoms with van der Waals surface area (Å²) in [6.07, 6.45) is 13.2. The van der Waals surface area contributed by atoms with Crippen molar-refractivity contribution in [2.45, 2.75) is 52.1 Å². The van der Waals surface area contributed by atoms with Crippen molar-refractivity contribution < 1.29 is 23.8 Å². The van der Waals surface area contributed by atoms with Crippen molar-refractivity contribution in [3.8, 4) is 0 Å². The number of carbonyl (C=O) groups is 2. The van der Waals surface area contributed by atoms with Crippen molar-refractivity contribution >= 4 is 12.0 Å². The second-order valence-corrected chi connectivity index (χ2v) is 8.44. The minimum atomic E-state index is -0.527. The summed E-state index contributed by atoms with van der Waals surface area (Å²) in [5.74, 6) is 0.209. The minimum Gasteiger partial charge on any atom is -0.464 e. The smallest absolute Gasteiger partial charge is 0.410 e. The van der Waals surface area contributed by atoms with Crippen LogP contribution in [-0.4, -0.2) is 47.0 Å². The average molecular weight is 402 g/mol. The first kappa shape index (κ1) is 21.0. The van der Waals surface area contributed by atoms with Crippen molar-refractivity contribution in [1.29, 1.82) is 0 Å². The Balaban J connectivity index is 1.64. The van der Waals surface area contributed by atoms with E-state index in [2.05, 4.69) is 12.2 Å². The molecule has 0 N–H and O–H groups in total. The second kappa shape index (κ2) is 9.20. The Morgan fingerprint density at radius 1 is 1.24 bits per heavy atom. The summed E-state index contributed by atoms with van der Waals surface area (Å²) in [6.45, 7) is 7.02. The molecule has 29 heavy (non-hydrogen) atoms. The van der Waals surface area contributed by atoms with Crippen molar-refractivity contribution in [1.82, 2.24) is 9.80 Å². The van der Waals surface area contributed by atoms with Gasteiger partial charge in [-0.15, -0.1) is 0 Å². The first-order chi connectivity index (χ1) is 13.8. The highest BCUT2D eigenvalue weighted by molar-refractivity contribution is 5.81. The van der Waals surface area contributed by atoms with Crippen LogP contribution in [0.5, 0.6) is 0 Å². The molecule has 7 heteroatoms. The zero-order chi connectivity index (χ0) is 20.9. The second-order valence-electron chi connectivity index (χ2n) is 8.44. The van der Waals surface area contributed by atoms with Gasteiger partial charge in [-0.05, 0) is 46.5 Å². The zero-order valence-corrected chi connectivity index (χ0v) is 17.4. The number of allylic oxidation sites excluding steroid dienone is 3. The van der Waals surface area contributed by atoms with Gasteiger partial charge in [0, 0.05) is 19.0 Å². The van der Waals surface area contributed by atoms with E-state index in [4.69, 9.17) is 14.2 Å². The van der Waals surface area contributed by atoms with Gasteiger partial charge in [-0.25, -0.2) is 4.79 Å². The molecule has 2 aliphatic heterocycles. The largest absolute Gasteiger partial charge is 0.464 e. The molecule has 1 aliphatic carbocycles. The molecule has 0 aromatic heterocycles. The third-order valence-electron chi connectivity index (χ3n) is 4.98. The summed E-state index contributed by atoms with van der Waals surface area (Å²) >= 11 is 0. The van der Waals surface area contributed by atoms with Crippen LogP contribution in [-0.2, 0) is 19.0 Å². The van der Waals surface area contributed by atoms with Gasteiger partial charge in [0.25, 0.3) is 0 Å². The Labute approximate surface area is 172 Å². The van der Waals surface area contributed by atoms with E-state index in [1.807, 2.05) is 26.8 Å². The summed E-state index contributed by atoms with van der Waals surface area (Å²) in [6, 6.07) is 0. The van der Waals surface area contributed by atoms with Crippen molar-refractivity contribution in [2.24, 2.45) is 5.92 Å². The van der Waals surface area contributed by atoms with E-state index in [9.17, 15) is 9.59 Å². The Morgan fingerprint density at radius 2 is 2.00 bits per heavy atom. The lowest BCUT2D eigenvalue weighted by molar-refractivity contribution is -0.137. The normalized spacial score (nSPS) is 19.6. The molecular weight excluding hydrogens is 372 g/mol. The van der Waals surface area contributed by atoms with Crippen molar-refractivity contribution in [3.63, 3.8) is 0 Å². The highest BCUT2D eigenvalue weighted by Crippen LogP contribution is 2.26. The maximum Gasteiger partial charge on any atom is 0.410 e. The number of carbonyl (C=O) groups excluding carboxylic acids is 2. The van der Waals surface area contributed by atoms with E-state index in [0.717, 1.165) is 12.8 Å². The summed E-state index contributed by atoms with van der Waals surface area (Å²) in [5, 5.41) is 0. The number of rotatable bonds is 4. The predicted molar refractivity (Wildman–Crippen MR) is 108 cm³/mol. The average Bonchev–Trinajstić information content (AvgIpc) is 2.72. The van der Waals surface area contributed by atoms with E-state index in [-0.39, 0.29) is 17.9 Å². The van der Waals surface area contributed by atoms with Gasteiger partial charge in [0.15, 0.2) is 6.26 Å². The van der Waals surface area contributed by atoms with E-state index in [1.165, 1.54) is 24.4 Å². The van der Waals surface area contributed by atoms with Crippen LogP contribution in [0.3, 0.4) is 0 Å². The van der Waals surface area contributed by atoms with Crippen LogP contribution in [0.1, 0.15) is 46.5 Å². The standard InChI is InChI=1S/C22H30N2O5/c1-22(2,3)29-21(26)23-11-9-18(10-12-23)20(25)24(19-16-27-13-14-28-19)15-17-7-5-4-6-8-17/h4-5,7,13-14,16,18H,6,8-12,15H2,1-3H3. The van der Waals surface area contributed by atoms with Crippen LogP contribution >= 0.6 is 0 Å². The van der Waals surface area contributed by atoms with Crippen molar-refractivity contribution in [2.75, 3.05) is 19.6 Å². The SMILES string of the molecule is CC(C)(C)OC(=O)N1CCC(C(=O)N(CC2=CC=CCC2)C2=COC=CO2)CC1. The topological polar surface area (TPSA) is 68.3 Å². The maximum atomic E-state index is 13.3. The van der Waals surface area contributed by atoms with E-state index >= 15 is 0 Å². The molecule has 158 valence electrons. The number of nitrogens with zero attached hydrogens (tertiary/aromatic N) is 2. The maximum absolute atomic E-state index is 13.3. The predicted octanol–water partition coefficient (Wildman–Crippen LogP) is 4.06. The number of amides is 2. The van der Waals surface area contributed by atoms with Gasteiger partial charge in [0.1, 0.15) is 18.1 Å². The number of hydrogen-bond acceptors (Lipinski definition) is 5. The third-order valence-corrected chi connectivity index (χ3v) is 4.98. The molecule has 1 fully saturated rings. The fourth-order valence-electron chi connectivity index (χ4n) is 3.49. The quantitative estimate of drug-likeness (QED) is 0.709. The van der Waals surface area contributed by atoms with Crippen LogP contribution in [0, 0.1) is 5.92 Å². The van der Waals surface area contributed by atoms with Gasteiger partial charge in [0.2, 0.25) is 11.8 Å². The summed E-state index contributed by atoms with van der Waals surface area (Å²) in [5.41, 5.74) is 0.646. The van der Waals surface area contributed by atoms with Gasteiger partial charge in [0.05, 0.1) is 6.54 Å². The molecule has 0 bridgehead atoms. The molecule has 0 aromatic carbocycles. The number of likely N-dealkylation sites (tertiary alicyclic amines) is 1. The fourth-order valence-corrected chi connectivity index (χ4v) is 3.49. The van der Waals surface area contributed by atoms with Crippen LogP contribution in [0.25, 0.3) is 0 Å². The van der Waals surface area contributed by atoms with Gasteiger partial charge in [-0.1, -0.05) is 23.8 Å². The fraction of sp³-hybridized carbons (Fsp3) is 0.545. The van der Waals surface area contributed by atoms with Crippen LogP contribution in [0.4, 0.5) is 4.79 Å². The number of hydrogen-bond donors (Lipinski definition) is 0. The van der Waals surface area contributed by atoms with Gasteiger partial charge < -0.3 is 19.1 Å². The van der Waals surface area contributed by atoms with Crippen LogP contribution in [0.2, 0.25) is 0 Å². The molecular formula is C22H30N2O5. The third kappa shape index (κ3) is 5.89. The lowest BCUT2D eigenvalue weighted by atomic mass is 9.95. The highest BCUT2D eigenvalue weighted by atomic mass is 16.6. The molecule has 3 rings (SSSR count). The molecule has 0 spiro atoms. The number of piperidine rings is 1. The molecule has 0 aromatic rings. The summed E-state index contributed by atoms with van der Waals surface area (Å²) in [4.78, 5) is 28.9.